The van der Waals surface area contributed by atoms with E-state index in [-0.39, 0.29) is 29.5 Å². The SMILES string of the molecule is CCN(CC1CCC(C(=O)O)CC1)c1ccc(OC(F)(F)F)cc1CN(Cc1cc([N+](=O)[O-])cc(C(F)(F)F)c1)c1nnn(C)n1. The van der Waals surface area contributed by atoms with Crippen LogP contribution in [-0.2, 0) is 31.1 Å². The molecule has 0 amide bonds. The van der Waals surface area contributed by atoms with Crippen molar-refractivity contribution < 1.29 is 45.9 Å². The Hall–Kier alpha value is -4.64. The van der Waals surface area contributed by atoms with Crippen LogP contribution in [0.5, 0.6) is 5.75 Å². The number of carboxylic acid groups (broad SMARTS) is 1. The van der Waals surface area contributed by atoms with Gasteiger partial charge in [0, 0.05) is 44.0 Å². The largest absolute Gasteiger partial charge is 0.573 e. The number of carbonyl (C=O) groups is 1. The fraction of sp³-hybridized carbons (Fsp3) is 0.500. The number of nitrogens with zero attached hydrogens (tertiary/aromatic N) is 7. The average molecular weight is 660 g/mol. The van der Waals surface area contributed by atoms with E-state index in [9.17, 15) is 46.4 Å². The number of non-ortho nitro benzene ring substituents is 1. The van der Waals surface area contributed by atoms with E-state index < -0.39 is 52.9 Å². The lowest BCUT2D eigenvalue weighted by molar-refractivity contribution is -0.385. The number of aliphatic carboxylic acids is 1. The first-order valence-corrected chi connectivity index (χ1v) is 14.2. The fourth-order valence-corrected chi connectivity index (χ4v) is 5.55. The third kappa shape index (κ3) is 8.97. The summed E-state index contributed by atoms with van der Waals surface area (Å²) < 4.78 is 84.6. The number of hydrogen-bond acceptors (Lipinski definition) is 9. The van der Waals surface area contributed by atoms with Crippen LogP contribution in [0.3, 0.4) is 0 Å². The smallest absolute Gasteiger partial charge is 0.481 e. The molecular weight excluding hydrogens is 628 g/mol. The number of halogens is 6. The molecule has 1 aliphatic carbocycles. The van der Waals surface area contributed by atoms with Gasteiger partial charge in [0.05, 0.1) is 23.5 Å². The van der Waals surface area contributed by atoms with E-state index in [0.717, 1.165) is 29.1 Å². The second-order valence-electron chi connectivity index (χ2n) is 11.0. The molecule has 0 radical (unpaired) electrons. The number of alkyl halides is 6. The van der Waals surface area contributed by atoms with Crippen molar-refractivity contribution in [3.8, 4) is 5.75 Å². The van der Waals surface area contributed by atoms with Crippen molar-refractivity contribution in [3.05, 3.63) is 63.2 Å². The first-order valence-electron chi connectivity index (χ1n) is 14.2. The second kappa shape index (κ2) is 13.8. The average Bonchev–Trinajstić information content (AvgIpc) is 3.41. The van der Waals surface area contributed by atoms with Gasteiger partial charge in [-0.05, 0) is 79.1 Å². The molecule has 1 heterocycles. The van der Waals surface area contributed by atoms with E-state index in [1.165, 1.54) is 18.0 Å². The molecule has 1 N–H and O–H groups in total. The molecule has 3 aromatic rings. The molecule has 1 saturated carbocycles. The summed E-state index contributed by atoms with van der Waals surface area (Å²) >= 11 is 0. The minimum absolute atomic E-state index is 0.0919. The Labute approximate surface area is 258 Å². The van der Waals surface area contributed by atoms with Crippen molar-refractivity contribution in [2.24, 2.45) is 18.9 Å². The molecule has 1 aliphatic rings. The molecule has 1 aromatic heterocycles. The predicted molar refractivity (Wildman–Crippen MR) is 151 cm³/mol. The minimum Gasteiger partial charge on any atom is -0.481 e. The molecule has 0 aliphatic heterocycles. The molecule has 46 heavy (non-hydrogen) atoms. The Bertz CT molecular complexity index is 1540. The molecular formula is C28H31F6N7O5. The molecule has 250 valence electrons. The van der Waals surface area contributed by atoms with Gasteiger partial charge in [-0.15, -0.1) is 18.3 Å². The minimum atomic E-state index is -5.00. The van der Waals surface area contributed by atoms with Crippen LogP contribution in [-0.4, -0.2) is 55.7 Å². The number of carboxylic acids is 1. The van der Waals surface area contributed by atoms with Crippen molar-refractivity contribution in [3.63, 3.8) is 0 Å². The Kier molecular flexibility index (Phi) is 10.3. The summed E-state index contributed by atoms with van der Waals surface area (Å²) in [5.74, 6) is -1.80. The zero-order valence-corrected chi connectivity index (χ0v) is 24.8. The molecule has 2 aromatic carbocycles. The molecule has 12 nitrogen and oxygen atoms in total. The van der Waals surface area contributed by atoms with Gasteiger partial charge in [-0.25, -0.2) is 0 Å². The maximum atomic E-state index is 13.6. The maximum absolute atomic E-state index is 13.6. The van der Waals surface area contributed by atoms with E-state index >= 15 is 0 Å². The van der Waals surface area contributed by atoms with Crippen LogP contribution in [0, 0.1) is 22.0 Å². The zero-order valence-electron chi connectivity index (χ0n) is 24.8. The lowest BCUT2D eigenvalue weighted by atomic mass is 9.81. The number of hydrogen-bond donors (Lipinski definition) is 1. The van der Waals surface area contributed by atoms with Gasteiger partial charge >= 0.3 is 18.5 Å². The van der Waals surface area contributed by atoms with Crippen molar-refractivity contribution in [1.29, 1.82) is 0 Å². The Morgan fingerprint density at radius 1 is 1.07 bits per heavy atom. The summed E-state index contributed by atoms with van der Waals surface area (Å²) in [5.41, 5.74) is -1.40. The Morgan fingerprint density at radius 3 is 2.30 bits per heavy atom. The first-order chi connectivity index (χ1) is 21.5. The number of benzene rings is 2. The number of nitro benzene ring substituents is 1. The lowest BCUT2D eigenvalue weighted by Gasteiger charge is -2.34. The van der Waals surface area contributed by atoms with Crippen LogP contribution in [0.15, 0.2) is 36.4 Å². The van der Waals surface area contributed by atoms with Crippen LogP contribution < -0.4 is 14.5 Å². The van der Waals surface area contributed by atoms with E-state index in [1.54, 1.807) is 0 Å². The van der Waals surface area contributed by atoms with Crippen molar-refractivity contribution >= 4 is 23.3 Å². The number of anilines is 2. The quantitative estimate of drug-likeness (QED) is 0.141. The van der Waals surface area contributed by atoms with Crippen LogP contribution in [0.4, 0.5) is 43.7 Å². The second-order valence-corrected chi connectivity index (χ2v) is 11.0. The van der Waals surface area contributed by atoms with Gasteiger partial charge in [-0.3, -0.25) is 14.9 Å². The monoisotopic (exact) mass is 659 g/mol. The molecule has 0 spiro atoms. The van der Waals surface area contributed by atoms with Gasteiger partial charge in [0.25, 0.3) is 11.6 Å². The lowest BCUT2D eigenvalue weighted by Crippen LogP contribution is -2.34. The van der Waals surface area contributed by atoms with Crippen molar-refractivity contribution in [2.45, 2.75) is 58.2 Å². The molecule has 4 rings (SSSR count). The van der Waals surface area contributed by atoms with Crippen LogP contribution in [0.2, 0.25) is 0 Å². The normalized spacial score (nSPS) is 17.0. The Morgan fingerprint density at radius 2 is 1.76 bits per heavy atom. The molecule has 0 unspecified atom stereocenters. The fourth-order valence-electron chi connectivity index (χ4n) is 5.55. The van der Waals surface area contributed by atoms with Gasteiger partial charge in [-0.1, -0.05) is 5.10 Å². The van der Waals surface area contributed by atoms with Crippen molar-refractivity contribution in [1.82, 2.24) is 20.2 Å². The van der Waals surface area contributed by atoms with Gasteiger partial charge in [-0.2, -0.15) is 18.0 Å². The number of aryl methyl sites for hydroxylation is 1. The highest BCUT2D eigenvalue weighted by Crippen LogP contribution is 2.36. The van der Waals surface area contributed by atoms with Gasteiger partial charge in [0.2, 0.25) is 0 Å². The Balaban J connectivity index is 1.73. The summed E-state index contributed by atoms with van der Waals surface area (Å²) in [7, 11) is 1.44. The number of tetrazole rings is 1. The first kappa shape index (κ1) is 34.2. The third-order valence-corrected chi connectivity index (χ3v) is 7.71. The standard InChI is InChI=1S/C28H31F6N7O5/c1-3-39(14-17-4-6-19(7-5-17)25(42)43)24-9-8-23(46-28(32,33)34)12-20(24)16-40(26-35-37-38(2)36-26)15-18-10-21(27(29,30)31)13-22(11-18)41(44)45/h8-13,17,19H,3-7,14-16H2,1-2H3,(H,42,43). The predicted octanol–water partition coefficient (Wildman–Crippen LogP) is 5.96. The molecule has 1 fully saturated rings. The van der Waals surface area contributed by atoms with Gasteiger partial charge in [0.15, 0.2) is 0 Å². The summed E-state index contributed by atoms with van der Waals surface area (Å²) in [4.78, 5) is 26.2. The molecule has 0 bridgehead atoms. The molecule has 18 heteroatoms. The number of nitro groups is 1. The van der Waals surface area contributed by atoms with Crippen LogP contribution in [0.1, 0.15) is 49.3 Å². The van der Waals surface area contributed by atoms with Crippen LogP contribution >= 0.6 is 0 Å². The van der Waals surface area contributed by atoms with Gasteiger partial charge < -0.3 is 19.6 Å². The highest BCUT2D eigenvalue weighted by Gasteiger charge is 2.34. The topological polar surface area (TPSA) is 140 Å². The van der Waals surface area contributed by atoms with E-state index in [1.807, 2.05) is 11.8 Å². The summed E-state index contributed by atoms with van der Waals surface area (Å²) in [6.45, 7) is 2.09. The summed E-state index contributed by atoms with van der Waals surface area (Å²) in [5, 5.41) is 32.6. The van der Waals surface area contributed by atoms with E-state index in [0.29, 0.717) is 50.5 Å². The number of rotatable bonds is 12. The zero-order chi connectivity index (χ0) is 33.8. The highest BCUT2D eigenvalue weighted by molar-refractivity contribution is 5.70. The van der Waals surface area contributed by atoms with Crippen LogP contribution in [0.25, 0.3) is 0 Å². The number of aromatic nitrogens is 4. The number of ether oxygens (including phenoxy) is 1. The maximum Gasteiger partial charge on any atom is 0.573 e. The summed E-state index contributed by atoms with van der Waals surface area (Å²) in [6, 6.07) is 5.87. The van der Waals surface area contributed by atoms with Gasteiger partial charge in [0.1, 0.15) is 5.75 Å². The van der Waals surface area contributed by atoms with E-state index in [4.69, 9.17) is 0 Å². The summed E-state index contributed by atoms with van der Waals surface area (Å²) in [6.07, 6.45) is -7.62. The van der Waals surface area contributed by atoms with E-state index in [2.05, 4.69) is 20.1 Å². The molecule has 0 saturated heterocycles. The third-order valence-electron chi connectivity index (χ3n) is 7.71. The highest BCUT2D eigenvalue weighted by atomic mass is 19.4. The molecule has 0 atom stereocenters. The van der Waals surface area contributed by atoms with Crippen molar-refractivity contribution in [2.75, 3.05) is 22.9 Å².